The summed E-state index contributed by atoms with van der Waals surface area (Å²) in [4.78, 5) is 17.2. The number of aromatic nitrogens is 1. The van der Waals surface area contributed by atoms with E-state index >= 15 is 0 Å². The third kappa shape index (κ3) is 3.72. The van der Waals surface area contributed by atoms with Crippen molar-refractivity contribution < 1.29 is 4.79 Å². The molecule has 0 bridgehead atoms. The summed E-state index contributed by atoms with van der Waals surface area (Å²) in [6, 6.07) is 7.34. The summed E-state index contributed by atoms with van der Waals surface area (Å²) in [5.74, 6) is 0.579. The molecule has 0 radical (unpaired) electrons. The SMILES string of the molecule is CCC1=C(c2nc(C3CCCCC3)cs2)C(c2ccc(N)cc2)NC(=O)N1. The topological polar surface area (TPSA) is 80.0 Å². The molecule has 5 nitrogen and oxygen atoms in total. The molecule has 0 saturated heterocycles. The van der Waals surface area contributed by atoms with Gasteiger partial charge in [0.2, 0.25) is 0 Å². The molecule has 2 heterocycles. The van der Waals surface area contributed by atoms with Crippen LogP contribution in [0, 0.1) is 0 Å². The number of hydrogen-bond donors (Lipinski definition) is 3. The number of nitrogens with two attached hydrogens (primary N) is 1. The zero-order chi connectivity index (χ0) is 18.8. The van der Waals surface area contributed by atoms with Gasteiger partial charge < -0.3 is 16.4 Å². The summed E-state index contributed by atoms with van der Waals surface area (Å²) in [5.41, 5.74) is 10.8. The van der Waals surface area contributed by atoms with E-state index in [9.17, 15) is 4.79 Å². The van der Waals surface area contributed by atoms with Gasteiger partial charge >= 0.3 is 6.03 Å². The van der Waals surface area contributed by atoms with Gasteiger partial charge in [0.15, 0.2) is 0 Å². The molecule has 1 aliphatic heterocycles. The lowest BCUT2D eigenvalue weighted by Gasteiger charge is -2.29. The number of hydrogen-bond acceptors (Lipinski definition) is 4. The van der Waals surface area contributed by atoms with Gasteiger partial charge in [-0.2, -0.15) is 0 Å². The largest absolute Gasteiger partial charge is 0.399 e. The van der Waals surface area contributed by atoms with E-state index in [4.69, 9.17) is 10.7 Å². The van der Waals surface area contributed by atoms with Gasteiger partial charge in [-0.1, -0.05) is 38.3 Å². The Hall–Kier alpha value is -2.34. The number of anilines is 1. The molecule has 1 fully saturated rings. The summed E-state index contributed by atoms with van der Waals surface area (Å²) in [7, 11) is 0. The minimum Gasteiger partial charge on any atom is -0.399 e. The van der Waals surface area contributed by atoms with E-state index in [2.05, 4.69) is 22.9 Å². The van der Waals surface area contributed by atoms with Crippen LogP contribution in [0.2, 0.25) is 0 Å². The second kappa shape index (κ2) is 7.72. The lowest BCUT2D eigenvalue weighted by molar-refractivity contribution is 0.240. The van der Waals surface area contributed by atoms with Crippen molar-refractivity contribution in [1.29, 1.82) is 0 Å². The van der Waals surface area contributed by atoms with Crippen molar-refractivity contribution in [2.24, 2.45) is 0 Å². The molecule has 142 valence electrons. The average Bonchev–Trinajstić information content (AvgIpc) is 3.18. The molecule has 1 saturated carbocycles. The number of carbonyl (C=O) groups excluding carboxylic acids is 1. The average molecular weight is 383 g/mol. The highest BCUT2D eigenvalue weighted by molar-refractivity contribution is 7.10. The lowest BCUT2D eigenvalue weighted by Crippen LogP contribution is -2.43. The fourth-order valence-electron chi connectivity index (χ4n) is 4.08. The van der Waals surface area contributed by atoms with Crippen molar-refractivity contribution in [2.45, 2.75) is 57.4 Å². The number of amides is 2. The molecular formula is C21H26N4OS. The number of rotatable bonds is 4. The molecule has 2 aliphatic rings. The number of allylic oxidation sites excluding steroid dienone is 1. The standard InChI is InChI=1S/C21H26N4OS/c1-2-16-18(20-23-17(12-27-20)13-6-4-3-5-7-13)19(25-21(26)24-16)14-8-10-15(22)11-9-14/h8-13,19H,2-7,22H2,1H3,(H2,24,25,26). The molecule has 1 unspecified atom stereocenters. The highest BCUT2D eigenvalue weighted by Gasteiger charge is 2.31. The van der Waals surface area contributed by atoms with Gasteiger partial charge in [-0.3, -0.25) is 0 Å². The van der Waals surface area contributed by atoms with Crippen molar-refractivity contribution in [3.05, 3.63) is 51.6 Å². The maximum atomic E-state index is 12.2. The molecule has 1 atom stereocenters. The fraction of sp³-hybridized carbons (Fsp3) is 0.429. The van der Waals surface area contributed by atoms with Gasteiger partial charge in [-0.25, -0.2) is 9.78 Å². The molecule has 2 amide bonds. The van der Waals surface area contributed by atoms with E-state index in [0.29, 0.717) is 11.6 Å². The van der Waals surface area contributed by atoms with E-state index in [1.54, 1.807) is 11.3 Å². The number of benzene rings is 1. The predicted octanol–water partition coefficient (Wildman–Crippen LogP) is 4.95. The Bertz CT molecular complexity index is 849. The summed E-state index contributed by atoms with van der Waals surface area (Å²) in [6.07, 6.45) is 7.16. The molecule has 2 aromatic rings. The maximum absolute atomic E-state index is 12.2. The predicted molar refractivity (Wildman–Crippen MR) is 110 cm³/mol. The summed E-state index contributed by atoms with van der Waals surface area (Å²) in [5, 5.41) is 9.27. The van der Waals surface area contributed by atoms with Gasteiger partial charge in [-0.05, 0) is 37.0 Å². The Morgan fingerprint density at radius 2 is 1.93 bits per heavy atom. The first-order valence-electron chi connectivity index (χ1n) is 9.77. The Morgan fingerprint density at radius 3 is 2.63 bits per heavy atom. The van der Waals surface area contributed by atoms with Gasteiger partial charge in [0.05, 0.1) is 11.7 Å². The maximum Gasteiger partial charge on any atom is 0.319 e. The Balaban J connectivity index is 1.72. The van der Waals surface area contributed by atoms with Crippen LogP contribution in [0.3, 0.4) is 0 Å². The monoisotopic (exact) mass is 382 g/mol. The van der Waals surface area contributed by atoms with Crippen LogP contribution in [0.5, 0.6) is 0 Å². The number of carbonyl (C=O) groups is 1. The third-order valence-electron chi connectivity index (χ3n) is 5.55. The first-order valence-corrected chi connectivity index (χ1v) is 10.7. The van der Waals surface area contributed by atoms with Crippen LogP contribution in [0.25, 0.3) is 5.57 Å². The van der Waals surface area contributed by atoms with E-state index in [-0.39, 0.29) is 12.1 Å². The Labute approximate surface area is 164 Å². The first-order chi connectivity index (χ1) is 13.2. The number of nitrogens with zero attached hydrogens (tertiary/aromatic N) is 1. The molecular weight excluding hydrogens is 356 g/mol. The molecule has 1 aromatic heterocycles. The normalized spacial score (nSPS) is 21.1. The lowest BCUT2D eigenvalue weighted by atomic mass is 9.87. The van der Waals surface area contributed by atoms with Gasteiger partial charge in [-0.15, -0.1) is 11.3 Å². The second-order valence-corrected chi connectivity index (χ2v) is 8.21. The van der Waals surface area contributed by atoms with Crippen molar-refractivity contribution >= 4 is 28.6 Å². The van der Waals surface area contributed by atoms with E-state index in [1.807, 2.05) is 24.3 Å². The molecule has 6 heteroatoms. The van der Waals surface area contributed by atoms with Crippen LogP contribution in [-0.4, -0.2) is 11.0 Å². The van der Waals surface area contributed by atoms with Crippen LogP contribution in [0.1, 0.15) is 73.7 Å². The number of nitrogen functional groups attached to an aromatic ring is 1. The highest BCUT2D eigenvalue weighted by atomic mass is 32.1. The van der Waals surface area contributed by atoms with Crippen LogP contribution in [0.4, 0.5) is 10.5 Å². The minimum atomic E-state index is -0.209. The molecule has 1 aliphatic carbocycles. The van der Waals surface area contributed by atoms with Gasteiger partial charge in [0, 0.05) is 28.3 Å². The number of urea groups is 1. The van der Waals surface area contributed by atoms with E-state index in [0.717, 1.165) is 28.3 Å². The summed E-state index contributed by atoms with van der Waals surface area (Å²) < 4.78 is 0. The minimum absolute atomic E-state index is 0.165. The molecule has 4 N–H and O–H groups in total. The van der Waals surface area contributed by atoms with Crippen molar-refractivity contribution in [3.8, 4) is 0 Å². The van der Waals surface area contributed by atoms with Gasteiger partial charge in [0.1, 0.15) is 5.01 Å². The smallest absolute Gasteiger partial charge is 0.319 e. The number of nitrogens with one attached hydrogen (secondary N) is 2. The Kier molecular flexibility index (Phi) is 5.16. The molecule has 27 heavy (non-hydrogen) atoms. The summed E-state index contributed by atoms with van der Waals surface area (Å²) >= 11 is 1.69. The van der Waals surface area contributed by atoms with Crippen LogP contribution in [0.15, 0.2) is 35.3 Å². The zero-order valence-electron chi connectivity index (χ0n) is 15.6. The quantitative estimate of drug-likeness (QED) is 0.655. The molecule has 1 aromatic carbocycles. The molecule has 0 spiro atoms. The van der Waals surface area contributed by atoms with E-state index < -0.39 is 0 Å². The Morgan fingerprint density at radius 1 is 1.19 bits per heavy atom. The third-order valence-corrected chi connectivity index (χ3v) is 6.45. The van der Waals surface area contributed by atoms with Crippen molar-refractivity contribution in [1.82, 2.24) is 15.6 Å². The highest BCUT2D eigenvalue weighted by Crippen LogP contribution is 2.39. The van der Waals surface area contributed by atoms with Crippen LogP contribution >= 0.6 is 11.3 Å². The van der Waals surface area contributed by atoms with Crippen molar-refractivity contribution in [2.75, 3.05) is 5.73 Å². The number of thiazole rings is 1. The van der Waals surface area contributed by atoms with Crippen LogP contribution < -0.4 is 16.4 Å². The van der Waals surface area contributed by atoms with Crippen LogP contribution in [-0.2, 0) is 0 Å². The fourth-order valence-corrected chi connectivity index (χ4v) is 5.09. The van der Waals surface area contributed by atoms with Crippen molar-refractivity contribution in [3.63, 3.8) is 0 Å². The van der Waals surface area contributed by atoms with Gasteiger partial charge in [0.25, 0.3) is 0 Å². The molecule has 4 rings (SSSR count). The zero-order valence-corrected chi connectivity index (χ0v) is 16.4. The first kappa shape index (κ1) is 18.0. The summed E-state index contributed by atoms with van der Waals surface area (Å²) in [6.45, 7) is 2.07. The van der Waals surface area contributed by atoms with E-state index in [1.165, 1.54) is 37.8 Å². The second-order valence-electron chi connectivity index (χ2n) is 7.36.